The Morgan fingerprint density at radius 2 is 1.67 bits per heavy atom. The molecule has 0 aromatic rings. The topological polar surface area (TPSA) is 63.6 Å². The Kier molecular flexibility index (Phi) is 4.06. The van der Waals surface area contributed by atoms with E-state index in [4.69, 9.17) is 0 Å². The molecule has 108 valence electrons. The third-order valence-corrected chi connectivity index (χ3v) is 3.98. The fourth-order valence-electron chi connectivity index (χ4n) is 1.94. The van der Waals surface area contributed by atoms with Gasteiger partial charge in [0.1, 0.15) is 0 Å². The van der Waals surface area contributed by atoms with Gasteiger partial charge in [-0.25, -0.2) is 0 Å². The lowest BCUT2D eigenvalue weighted by Gasteiger charge is -2.42. The number of hydrogen-bond acceptors (Lipinski definition) is 4. The highest BCUT2D eigenvalue weighted by Gasteiger charge is 2.56. The van der Waals surface area contributed by atoms with Crippen LogP contribution in [-0.2, 0) is 14.3 Å². The molecular formula is C10H17F3O4S. The van der Waals surface area contributed by atoms with Crippen molar-refractivity contribution < 1.29 is 30.9 Å². The minimum Gasteiger partial charge on any atom is -0.380 e. The van der Waals surface area contributed by atoms with Crippen molar-refractivity contribution in [1.29, 1.82) is 0 Å². The lowest BCUT2D eigenvalue weighted by molar-refractivity contribution is -0.275. The highest BCUT2D eigenvalue weighted by atomic mass is 32.2. The minimum absolute atomic E-state index is 0.0680. The molecule has 4 nitrogen and oxygen atoms in total. The van der Waals surface area contributed by atoms with Gasteiger partial charge in [0.05, 0.1) is 12.9 Å². The summed E-state index contributed by atoms with van der Waals surface area (Å²) in [5, 5.41) is 9.48. The van der Waals surface area contributed by atoms with Crippen LogP contribution in [0.2, 0.25) is 0 Å². The van der Waals surface area contributed by atoms with Crippen LogP contribution < -0.4 is 0 Å². The van der Waals surface area contributed by atoms with Crippen molar-refractivity contribution in [2.75, 3.05) is 12.9 Å². The van der Waals surface area contributed by atoms with Gasteiger partial charge in [-0.2, -0.15) is 21.6 Å². The third-order valence-electron chi connectivity index (χ3n) is 3.43. The predicted octanol–water partition coefficient (Wildman–Crippen LogP) is 1.84. The quantitative estimate of drug-likeness (QED) is 0.806. The summed E-state index contributed by atoms with van der Waals surface area (Å²) in [7, 11) is -3.60. The molecule has 0 radical (unpaired) electrons. The van der Waals surface area contributed by atoms with E-state index in [1.165, 1.54) is 0 Å². The van der Waals surface area contributed by atoms with Crippen molar-refractivity contribution in [1.82, 2.24) is 0 Å². The number of halogens is 3. The van der Waals surface area contributed by atoms with Gasteiger partial charge in [0.15, 0.2) is 5.60 Å². The summed E-state index contributed by atoms with van der Waals surface area (Å²) in [6.07, 6.45) is -4.48. The van der Waals surface area contributed by atoms with Gasteiger partial charge in [-0.1, -0.05) is 6.92 Å². The van der Waals surface area contributed by atoms with E-state index in [9.17, 15) is 26.7 Å². The van der Waals surface area contributed by atoms with Gasteiger partial charge in [0.2, 0.25) is 0 Å². The largest absolute Gasteiger partial charge is 0.417 e. The molecule has 0 aromatic carbocycles. The molecule has 8 heteroatoms. The summed E-state index contributed by atoms with van der Waals surface area (Å²) in [6.45, 7) is 1.51. The summed E-state index contributed by atoms with van der Waals surface area (Å²) >= 11 is 0. The second kappa shape index (κ2) is 4.64. The molecule has 1 N–H and O–H groups in total. The van der Waals surface area contributed by atoms with Gasteiger partial charge in [-0.05, 0) is 31.1 Å². The summed E-state index contributed by atoms with van der Waals surface area (Å²) in [5.74, 6) is 0. The first-order valence-electron chi connectivity index (χ1n) is 5.51. The van der Waals surface area contributed by atoms with E-state index in [2.05, 4.69) is 4.18 Å². The van der Waals surface area contributed by atoms with E-state index in [1.807, 2.05) is 0 Å². The number of aliphatic hydroxyl groups is 1. The smallest absolute Gasteiger partial charge is 0.380 e. The first-order valence-corrected chi connectivity index (χ1v) is 7.32. The maximum absolute atomic E-state index is 12.6. The van der Waals surface area contributed by atoms with Crippen LogP contribution in [-0.4, -0.2) is 38.2 Å². The van der Waals surface area contributed by atoms with Crippen molar-refractivity contribution in [3.63, 3.8) is 0 Å². The van der Waals surface area contributed by atoms with Crippen molar-refractivity contribution >= 4 is 10.1 Å². The first-order chi connectivity index (χ1) is 7.87. The molecule has 0 aromatic heterocycles. The Bertz CT molecular complexity index is 394. The number of hydrogen-bond donors (Lipinski definition) is 1. The number of alkyl halides is 3. The average molecular weight is 290 g/mol. The van der Waals surface area contributed by atoms with Crippen LogP contribution in [0, 0.1) is 5.41 Å². The summed E-state index contributed by atoms with van der Waals surface area (Å²) < 4.78 is 64.1. The van der Waals surface area contributed by atoms with Gasteiger partial charge in [-0.15, -0.1) is 0 Å². The number of rotatable bonds is 3. The zero-order valence-electron chi connectivity index (χ0n) is 10.2. The van der Waals surface area contributed by atoms with Crippen LogP contribution in [0.4, 0.5) is 13.2 Å². The molecule has 1 aliphatic carbocycles. The minimum atomic E-state index is -4.65. The molecule has 18 heavy (non-hydrogen) atoms. The molecule has 0 aliphatic heterocycles. The molecule has 0 unspecified atom stereocenters. The zero-order valence-corrected chi connectivity index (χ0v) is 11.1. The van der Waals surface area contributed by atoms with Gasteiger partial charge in [0, 0.05) is 0 Å². The first kappa shape index (κ1) is 15.7. The van der Waals surface area contributed by atoms with Crippen molar-refractivity contribution in [3.05, 3.63) is 0 Å². The van der Waals surface area contributed by atoms with Crippen molar-refractivity contribution in [2.24, 2.45) is 5.41 Å². The SMILES string of the molecule is CC1(COS(C)(=O)=O)CCC(O)(C(F)(F)F)CC1. The maximum Gasteiger partial charge on any atom is 0.417 e. The molecule has 1 aliphatic rings. The Labute approximate surface area is 104 Å². The second-order valence-corrected chi connectivity index (χ2v) is 6.95. The maximum atomic E-state index is 12.6. The lowest BCUT2D eigenvalue weighted by atomic mass is 9.70. The van der Waals surface area contributed by atoms with E-state index in [0.29, 0.717) is 0 Å². The van der Waals surface area contributed by atoms with E-state index in [0.717, 1.165) is 6.26 Å². The summed E-state index contributed by atoms with van der Waals surface area (Å²) in [4.78, 5) is 0. The molecule has 1 rings (SSSR count). The third kappa shape index (κ3) is 3.83. The molecule has 1 saturated carbocycles. The Morgan fingerprint density at radius 1 is 1.22 bits per heavy atom. The normalized spacial score (nSPS) is 34.6. The van der Waals surface area contributed by atoms with E-state index in [1.54, 1.807) is 6.92 Å². The van der Waals surface area contributed by atoms with Crippen LogP contribution in [0.3, 0.4) is 0 Å². The van der Waals surface area contributed by atoms with Crippen LogP contribution in [0.5, 0.6) is 0 Å². The highest BCUT2D eigenvalue weighted by Crippen LogP contribution is 2.47. The van der Waals surface area contributed by atoms with Crippen molar-refractivity contribution in [3.8, 4) is 0 Å². The van der Waals surface area contributed by atoms with Gasteiger partial charge in [-0.3, -0.25) is 4.18 Å². The van der Waals surface area contributed by atoms with Crippen LogP contribution >= 0.6 is 0 Å². The average Bonchev–Trinajstić information content (AvgIpc) is 2.18. The predicted molar refractivity (Wildman–Crippen MR) is 58.4 cm³/mol. The highest BCUT2D eigenvalue weighted by molar-refractivity contribution is 7.85. The fourth-order valence-corrected chi connectivity index (χ4v) is 2.44. The lowest BCUT2D eigenvalue weighted by Crippen LogP contribution is -2.50. The Morgan fingerprint density at radius 3 is 2.00 bits per heavy atom. The molecule has 0 atom stereocenters. The molecular weight excluding hydrogens is 273 g/mol. The zero-order chi connectivity index (χ0) is 14.2. The van der Waals surface area contributed by atoms with Crippen LogP contribution in [0.15, 0.2) is 0 Å². The summed E-state index contributed by atoms with van der Waals surface area (Å²) in [6, 6.07) is 0. The Balaban J connectivity index is 2.63. The van der Waals surface area contributed by atoms with E-state index >= 15 is 0 Å². The molecule has 0 spiro atoms. The van der Waals surface area contributed by atoms with E-state index < -0.39 is 40.2 Å². The molecule has 1 fully saturated rings. The fraction of sp³-hybridized carbons (Fsp3) is 1.00. The second-order valence-electron chi connectivity index (χ2n) is 5.31. The van der Waals surface area contributed by atoms with Gasteiger partial charge in [0.25, 0.3) is 10.1 Å². The molecule has 0 saturated heterocycles. The standard InChI is InChI=1S/C10H17F3O4S/c1-8(7-17-18(2,15)16)3-5-9(14,6-4-8)10(11,12)13/h14H,3-7H2,1-2H3. The van der Waals surface area contributed by atoms with E-state index in [-0.39, 0.29) is 19.4 Å². The monoisotopic (exact) mass is 290 g/mol. The van der Waals surface area contributed by atoms with Gasteiger partial charge >= 0.3 is 6.18 Å². The molecule has 0 heterocycles. The van der Waals surface area contributed by atoms with Crippen LogP contribution in [0.25, 0.3) is 0 Å². The Hall–Kier alpha value is -0.340. The van der Waals surface area contributed by atoms with Crippen molar-refractivity contribution in [2.45, 2.75) is 44.4 Å². The van der Waals surface area contributed by atoms with Crippen LogP contribution in [0.1, 0.15) is 32.6 Å². The molecule has 0 bridgehead atoms. The van der Waals surface area contributed by atoms with Gasteiger partial charge < -0.3 is 5.11 Å². The summed E-state index contributed by atoms with van der Waals surface area (Å²) in [5.41, 5.74) is -3.31. The molecule has 0 amide bonds.